The van der Waals surface area contributed by atoms with Gasteiger partial charge in [0.25, 0.3) is 11.7 Å². The van der Waals surface area contributed by atoms with Crippen molar-refractivity contribution in [2.24, 2.45) is 0 Å². The summed E-state index contributed by atoms with van der Waals surface area (Å²) in [5.74, 6) is -1.10. The van der Waals surface area contributed by atoms with E-state index in [2.05, 4.69) is 6.58 Å². The van der Waals surface area contributed by atoms with Gasteiger partial charge in [-0.05, 0) is 42.0 Å². The second-order valence-electron chi connectivity index (χ2n) is 6.66. The van der Waals surface area contributed by atoms with Crippen molar-refractivity contribution in [1.29, 1.82) is 0 Å². The van der Waals surface area contributed by atoms with Gasteiger partial charge in [-0.1, -0.05) is 36.4 Å². The third-order valence-electron chi connectivity index (χ3n) is 4.74. The van der Waals surface area contributed by atoms with Gasteiger partial charge < -0.3 is 19.5 Å². The molecular formula is C23H22ClNO5. The molecular weight excluding hydrogens is 406 g/mol. The van der Waals surface area contributed by atoms with E-state index in [1.165, 1.54) is 12.0 Å². The third-order valence-corrected chi connectivity index (χ3v) is 4.97. The summed E-state index contributed by atoms with van der Waals surface area (Å²) in [5.41, 5.74) is 1.04. The maximum absolute atomic E-state index is 12.9. The Morgan fingerprint density at radius 2 is 1.97 bits per heavy atom. The van der Waals surface area contributed by atoms with Crippen LogP contribution in [0.3, 0.4) is 0 Å². The topological polar surface area (TPSA) is 76.1 Å². The lowest BCUT2D eigenvalue weighted by Crippen LogP contribution is -2.32. The van der Waals surface area contributed by atoms with Crippen LogP contribution in [0.15, 0.2) is 66.8 Å². The molecule has 156 valence electrons. The lowest BCUT2D eigenvalue weighted by Gasteiger charge is -2.25. The zero-order valence-electron chi connectivity index (χ0n) is 16.5. The van der Waals surface area contributed by atoms with Gasteiger partial charge in [-0.25, -0.2) is 0 Å². The molecule has 7 heteroatoms. The van der Waals surface area contributed by atoms with Crippen LogP contribution in [0.2, 0.25) is 5.02 Å². The number of aliphatic hydroxyl groups excluding tert-OH is 1. The lowest BCUT2D eigenvalue weighted by atomic mass is 9.95. The number of benzene rings is 2. The molecule has 3 rings (SSSR count). The van der Waals surface area contributed by atoms with Gasteiger partial charge >= 0.3 is 0 Å². The van der Waals surface area contributed by atoms with Crippen molar-refractivity contribution in [3.05, 3.63) is 82.9 Å². The van der Waals surface area contributed by atoms with Gasteiger partial charge in [0.05, 0.1) is 18.2 Å². The first-order valence-electron chi connectivity index (χ1n) is 9.35. The monoisotopic (exact) mass is 427 g/mol. The summed E-state index contributed by atoms with van der Waals surface area (Å²) in [7, 11) is 1.51. The summed E-state index contributed by atoms with van der Waals surface area (Å²) in [4.78, 5) is 27.0. The average Bonchev–Trinajstić information content (AvgIpc) is 3.01. The Morgan fingerprint density at radius 3 is 2.60 bits per heavy atom. The summed E-state index contributed by atoms with van der Waals surface area (Å²) in [5, 5.41) is 11.4. The van der Waals surface area contributed by atoms with Crippen molar-refractivity contribution < 1.29 is 24.2 Å². The minimum atomic E-state index is -0.768. The van der Waals surface area contributed by atoms with Crippen molar-refractivity contribution in [2.75, 3.05) is 26.9 Å². The van der Waals surface area contributed by atoms with Crippen LogP contribution in [-0.4, -0.2) is 48.6 Å². The number of rotatable bonds is 8. The SMILES string of the molecule is C=CCOc1ccc(C(O)=C2C(=O)C(=O)N(CCOC)C2c2cccc(Cl)c2)cc1. The molecule has 0 spiro atoms. The van der Waals surface area contributed by atoms with E-state index >= 15 is 0 Å². The van der Waals surface area contributed by atoms with Crippen LogP contribution in [0.4, 0.5) is 0 Å². The summed E-state index contributed by atoms with van der Waals surface area (Å²) >= 11 is 6.14. The van der Waals surface area contributed by atoms with Gasteiger partial charge in [0.2, 0.25) is 0 Å². The molecule has 1 unspecified atom stereocenters. The summed E-state index contributed by atoms with van der Waals surface area (Å²) < 4.78 is 10.5. The van der Waals surface area contributed by atoms with E-state index in [1.54, 1.807) is 54.6 Å². The largest absolute Gasteiger partial charge is 0.507 e. The summed E-state index contributed by atoms with van der Waals surface area (Å²) in [6.07, 6.45) is 1.63. The first-order chi connectivity index (χ1) is 14.5. The highest BCUT2D eigenvalue weighted by molar-refractivity contribution is 6.46. The first kappa shape index (κ1) is 21.6. The Hall–Kier alpha value is -3.09. The van der Waals surface area contributed by atoms with Crippen molar-refractivity contribution >= 4 is 29.1 Å². The fourth-order valence-electron chi connectivity index (χ4n) is 3.34. The lowest BCUT2D eigenvalue weighted by molar-refractivity contribution is -0.140. The van der Waals surface area contributed by atoms with Gasteiger partial charge in [-0.15, -0.1) is 0 Å². The highest BCUT2D eigenvalue weighted by Crippen LogP contribution is 2.39. The molecule has 0 aromatic heterocycles. The maximum Gasteiger partial charge on any atom is 0.295 e. The molecule has 0 aliphatic carbocycles. The molecule has 1 N–H and O–H groups in total. The molecule has 1 fully saturated rings. The van der Waals surface area contributed by atoms with Crippen molar-refractivity contribution in [2.45, 2.75) is 6.04 Å². The van der Waals surface area contributed by atoms with Crippen molar-refractivity contribution in [1.82, 2.24) is 4.90 Å². The number of hydrogen-bond acceptors (Lipinski definition) is 5. The molecule has 1 heterocycles. The first-order valence-corrected chi connectivity index (χ1v) is 9.72. The van der Waals surface area contributed by atoms with Crippen LogP contribution in [0.5, 0.6) is 5.75 Å². The molecule has 1 aliphatic rings. The second kappa shape index (κ2) is 9.61. The smallest absolute Gasteiger partial charge is 0.295 e. The Bertz CT molecular complexity index is 983. The molecule has 0 saturated carbocycles. The molecule has 2 aromatic carbocycles. The van der Waals surface area contributed by atoms with E-state index in [-0.39, 0.29) is 24.5 Å². The molecule has 30 heavy (non-hydrogen) atoms. The molecule has 0 radical (unpaired) electrons. The van der Waals surface area contributed by atoms with E-state index < -0.39 is 17.7 Å². The van der Waals surface area contributed by atoms with Crippen LogP contribution >= 0.6 is 11.6 Å². The Morgan fingerprint density at radius 1 is 1.23 bits per heavy atom. The van der Waals surface area contributed by atoms with Gasteiger partial charge in [-0.2, -0.15) is 0 Å². The summed E-state index contributed by atoms with van der Waals surface area (Å²) in [6.45, 7) is 4.40. The minimum Gasteiger partial charge on any atom is -0.507 e. The van der Waals surface area contributed by atoms with E-state index in [1.807, 2.05) is 0 Å². The number of halogens is 1. The molecule has 6 nitrogen and oxygen atoms in total. The van der Waals surface area contributed by atoms with E-state index in [4.69, 9.17) is 21.1 Å². The number of carbonyl (C=O) groups is 2. The fraction of sp³-hybridized carbons (Fsp3) is 0.217. The number of Topliss-reactive ketones (excluding diaryl/α,β-unsaturated/α-hetero) is 1. The highest BCUT2D eigenvalue weighted by atomic mass is 35.5. The minimum absolute atomic E-state index is 0.0122. The number of carbonyl (C=O) groups excluding carboxylic acids is 2. The van der Waals surface area contributed by atoms with E-state index in [9.17, 15) is 14.7 Å². The number of nitrogens with zero attached hydrogens (tertiary/aromatic N) is 1. The number of ketones is 1. The molecule has 1 atom stereocenters. The number of hydrogen-bond donors (Lipinski definition) is 1. The molecule has 2 aromatic rings. The van der Waals surface area contributed by atoms with Crippen LogP contribution in [0.1, 0.15) is 17.2 Å². The number of amides is 1. The Balaban J connectivity index is 2.07. The predicted octanol–water partition coefficient (Wildman–Crippen LogP) is 3.97. The van der Waals surface area contributed by atoms with Crippen LogP contribution < -0.4 is 4.74 Å². The average molecular weight is 428 g/mol. The number of methoxy groups -OCH3 is 1. The van der Waals surface area contributed by atoms with Gasteiger partial charge in [0.15, 0.2) is 0 Å². The molecule has 1 amide bonds. The second-order valence-corrected chi connectivity index (χ2v) is 7.10. The molecule has 1 saturated heterocycles. The number of aliphatic hydroxyl groups is 1. The van der Waals surface area contributed by atoms with E-state index in [0.717, 1.165) is 0 Å². The predicted molar refractivity (Wildman–Crippen MR) is 114 cm³/mol. The highest BCUT2D eigenvalue weighted by Gasteiger charge is 2.45. The Kier molecular flexibility index (Phi) is 6.92. The third kappa shape index (κ3) is 4.40. The quantitative estimate of drug-likeness (QED) is 0.298. The van der Waals surface area contributed by atoms with Crippen LogP contribution in [-0.2, 0) is 14.3 Å². The van der Waals surface area contributed by atoms with Crippen molar-refractivity contribution in [3.8, 4) is 5.75 Å². The van der Waals surface area contributed by atoms with E-state index in [0.29, 0.717) is 28.5 Å². The Labute approximate surface area is 180 Å². The van der Waals surface area contributed by atoms with Crippen LogP contribution in [0.25, 0.3) is 5.76 Å². The van der Waals surface area contributed by atoms with Crippen molar-refractivity contribution in [3.63, 3.8) is 0 Å². The zero-order chi connectivity index (χ0) is 21.7. The number of likely N-dealkylation sites (tertiary alicyclic amines) is 1. The molecule has 0 bridgehead atoms. The van der Waals surface area contributed by atoms with Gasteiger partial charge in [-0.3, -0.25) is 9.59 Å². The maximum atomic E-state index is 12.9. The standard InChI is InChI=1S/C23H22ClNO5/c1-3-12-30-18-9-7-15(8-10-18)21(26)19-20(16-5-4-6-17(24)14-16)25(11-13-29-2)23(28)22(19)27/h3-10,14,20,26H,1,11-13H2,2H3. The van der Waals surface area contributed by atoms with Gasteiger partial charge in [0, 0.05) is 24.2 Å². The molecule has 1 aliphatic heterocycles. The number of ether oxygens (including phenoxy) is 2. The zero-order valence-corrected chi connectivity index (χ0v) is 17.3. The van der Waals surface area contributed by atoms with Gasteiger partial charge in [0.1, 0.15) is 18.1 Å². The fourth-order valence-corrected chi connectivity index (χ4v) is 3.54. The van der Waals surface area contributed by atoms with Crippen LogP contribution in [0, 0.1) is 0 Å². The summed E-state index contributed by atoms with van der Waals surface area (Å²) in [6, 6.07) is 12.7. The normalized spacial score (nSPS) is 17.9.